The molecule has 2 heterocycles. The zero-order valence-electron chi connectivity index (χ0n) is 12.7. The Balaban J connectivity index is 1.52. The SMILES string of the molecule is NS(=O)(=O)c1ccc(N2CCN(CCn3nccn3)CC2)cc1. The van der Waals surface area contributed by atoms with Crippen molar-refractivity contribution in [2.45, 2.75) is 11.4 Å². The second kappa shape index (κ2) is 6.65. The van der Waals surface area contributed by atoms with E-state index in [-0.39, 0.29) is 4.90 Å². The highest BCUT2D eigenvalue weighted by molar-refractivity contribution is 7.89. The van der Waals surface area contributed by atoms with E-state index in [1.807, 2.05) is 12.1 Å². The molecule has 2 N–H and O–H groups in total. The molecule has 1 aromatic carbocycles. The predicted molar refractivity (Wildman–Crippen MR) is 86.5 cm³/mol. The van der Waals surface area contributed by atoms with E-state index < -0.39 is 10.0 Å². The maximum Gasteiger partial charge on any atom is 0.238 e. The molecular weight excluding hydrogens is 316 g/mol. The maximum atomic E-state index is 11.3. The molecule has 0 bridgehead atoms. The molecule has 0 amide bonds. The molecule has 0 saturated carbocycles. The topological polar surface area (TPSA) is 97.3 Å². The molecule has 124 valence electrons. The second-order valence-electron chi connectivity index (χ2n) is 5.49. The van der Waals surface area contributed by atoms with Gasteiger partial charge in [0.1, 0.15) is 0 Å². The summed E-state index contributed by atoms with van der Waals surface area (Å²) in [4.78, 5) is 6.46. The number of piperazine rings is 1. The summed E-state index contributed by atoms with van der Waals surface area (Å²) < 4.78 is 22.6. The van der Waals surface area contributed by atoms with Gasteiger partial charge in [-0.3, -0.25) is 4.90 Å². The summed E-state index contributed by atoms with van der Waals surface area (Å²) in [5.74, 6) is 0. The summed E-state index contributed by atoms with van der Waals surface area (Å²) in [6.07, 6.45) is 3.37. The van der Waals surface area contributed by atoms with Crippen LogP contribution in [0.3, 0.4) is 0 Å². The van der Waals surface area contributed by atoms with Gasteiger partial charge < -0.3 is 4.90 Å². The number of nitrogens with zero attached hydrogens (tertiary/aromatic N) is 5. The van der Waals surface area contributed by atoms with E-state index in [9.17, 15) is 8.42 Å². The van der Waals surface area contributed by atoms with Gasteiger partial charge in [-0.05, 0) is 24.3 Å². The van der Waals surface area contributed by atoms with Crippen LogP contribution in [0.4, 0.5) is 5.69 Å². The minimum atomic E-state index is -3.63. The number of anilines is 1. The van der Waals surface area contributed by atoms with Crippen LogP contribution in [-0.2, 0) is 16.6 Å². The van der Waals surface area contributed by atoms with Crippen LogP contribution in [0.1, 0.15) is 0 Å². The van der Waals surface area contributed by atoms with E-state index in [0.717, 1.165) is 45.0 Å². The molecule has 3 rings (SSSR count). The average molecular weight is 336 g/mol. The summed E-state index contributed by atoms with van der Waals surface area (Å²) >= 11 is 0. The van der Waals surface area contributed by atoms with Gasteiger partial charge in [0, 0.05) is 38.4 Å². The Morgan fingerprint density at radius 1 is 0.957 bits per heavy atom. The van der Waals surface area contributed by atoms with Gasteiger partial charge >= 0.3 is 0 Å². The summed E-state index contributed by atoms with van der Waals surface area (Å²) in [6, 6.07) is 6.73. The van der Waals surface area contributed by atoms with Crippen molar-refractivity contribution in [3.05, 3.63) is 36.7 Å². The normalized spacial score (nSPS) is 16.7. The van der Waals surface area contributed by atoms with Gasteiger partial charge in [-0.2, -0.15) is 15.0 Å². The number of hydrogen-bond donors (Lipinski definition) is 1. The van der Waals surface area contributed by atoms with E-state index in [4.69, 9.17) is 5.14 Å². The highest BCUT2D eigenvalue weighted by Gasteiger charge is 2.17. The van der Waals surface area contributed by atoms with Crippen LogP contribution in [0.15, 0.2) is 41.6 Å². The Hall–Kier alpha value is -1.97. The number of aromatic nitrogens is 3. The van der Waals surface area contributed by atoms with Gasteiger partial charge in [0.2, 0.25) is 10.0 Å². The summed E-state index contributed by atoms with van der Waals surface area (Å²) in [6.45, 7) is 5.43. The van der Waals surface area contributed by atoms with Gasteiger partial charge in [-0.1, -0.05) is 0 Å². The van der Waals surface area contributed by atoms with Crippen molar-refractivity contribution >= 4 is 15.7 Å². The van der Waals surface area contributed by atoms with Crippen molar-refractivity contribution in [1.82, 2.24) is 19.9 Å². The van der Waals surface area contributed by atoms with Crippen LogP contribution >= 0.6 is 0 Å². The van der Waals surface area contributed by atoms with Crippen molar-refractivity contribution in [2.24, 2.45) is 5.14 Å². The van der Waals surface area contributed by atoms with Crippen LogP contribution in [0, 0.1) is 0 Å². The highest BCUT2D eigenvalue weighted by Crippen LogP contribution is 2.18. The van der Waals surface area contributed by atoms with Gasteiger partial charge in [0.25, 0.3) is 0 Å². The lowest BCUT2D eigenvalue weighted by atomic mass is 10.2. The van der Waals surface area contributed by atoms with Crippen molar-refractivity contribution in [3.8, 4) is 0 Å². The molecule has 1 aliphatic rings. The zero-order chi connectivity index (χ0) is 16.3. The molecule has 0 atom stereocenters. The van der Waals surface area contributed by atoms with Gasteiger partial charge in [-0.25, -0.2) is 13.6 Å². The summed E-state index contributed by atoms with van der Waals surface area (Å²) in [5.41, 5.74) is 1.02. The van der Waals surface area contributed by atoms with Crippen LogP contribution in [0.25, 0.3) is 0 Å². The molecule has 1 aliphatic heterocycles. The number of primary sulfonamides is 1. The Kier molecular flexibility index (Phi) is 4.60. The first-order valence-corrected chi connectivity index (χ1v) is 9.01. The molecule has 0 spiro atoms. The molecule has 0 radical (unpaired) electrons. The smallest absolute Gasteiger partial charge is 0.238 e. The lowest BCUT2D eigenvalue weighted by Crippen LogP contribution is -2.47. The average Bonchev–Trinajstić information content (AvgIpc) is 3.06. The van der Waals surface area contributed by atoms with E-state index in [1.54, 1.807) is 29.3 Å². The number of benzene rings is 1. The van der Waals surface area contributed by atoms with Crippen molar-refractivity contribution in [1.29, 1.82) is 0 Å². The maximum absolute atomic E-state index is 11.3. The Morgan fingerprint density at radius 2 is 1.57 bits per heavy atom. The molecule has 2 aromatic rings. The first-order chi connectivity index (χ1) is 11.0. The Morgan fingerprint density at radius 3 is 2.13 bits per heavy atom. The number of hydrogen-bond acceptors (Lipinski definition) is 6. The lowest BCUT2D eigenvalue weighted by molar-refractivity contribution is 0.239. The van der Waals surface area contributed by atoms with Crippen LogP contribution < -0.4 is 10.0 Å². The summed E-state index contributed by atoms with van der Waals surface area (Å²) in [7, 11) is -3.63. The number of rotatable bonds is 5. The van der Waals surface area contributed by atoms with E-state index >= 15 is 0 Å². The first-order valence-electron chi connectivity index (χ1n) is 7.47. The first kappa shape index (κ1) is 15.9. The molecule has 0 aliphatic carbocycles. The lowest BCUT2D eigenvalue weighted by Gasteiger charge is -2.36. The highest BCUT2D eigenvalue weighted by atomic mass is 32.2. The fourth-order valence-corrected chi connectivity index (χ4v) is 3.18. The third-order valence-electron chi connectivity index (χ3n) is 3.99. The molecule has 9 heteroatoms. The largest absolute Gasteiger partial charge is 0.369 e. The molecule has 1 saturated heterocycles. The van der Waals surface area contributed by atoms with Crippen LogP contribution in [-0.4, -0.2) is 61.0 Å². The second-order valence-corrected chi connectivity index (χ2v) is 7.05. The predicted octanol–water partition coefficient (Wildman–Crippen LogP) is -0.252. The van der Waals surface area contributed by atoms with Crippen molar-refractivity contribution < 1.29 is 8.42 Å². The molecule has 0 unspecified atom stereocenters. The quantitative estimate of drug-likeness (QED) is 0.808. The molecule has 1 aromatic heterocycles. The van der Waals surface area contributed by atoms with Gasteiger partial charge in [0.15, 0.2) is 0 Å². The number of nitrogens with two attached hydrogens (primary N) is 1. The van der Waals surface area contributed by atoms with Crippen molar-refractivity contribution in [2.75, 3.05) is 37.6 Å². The summed E-state index contributed by atoms with van der Waals surface area (Å²) in [5, 5.41) is 13.3. The Labute approximate surface area is 135 Å². The fraction of sp³-hybridized carbons (Fsp3) is 0.429. The van der Waals surface area contributed by atoms with Crippen LogP contribution in [0.5, 0.6) is 0 Å². The molecule has 8 nitrogen and oxygen atoms in total. The molecule has 23 heavy (non-hydrogen) atoms. The molecule has 1 fully saturated rings. The fourth-order valence-electron chi connectivity index (χ4n) is 2.67. The van der Waals surface area contributed by atoms with Crippen LogP contribution in [0.2, 0.25) is 0 Å². The Bertz CT molecular complexity index is 721. The van der Waals surface area contributed by atoms with E-state index in [2.05, 4.69) is 20.0 Å². The minimum Gasteiger partial charge on any atom is -0.369 e. The van der Waals surface area contributed by atoms with Gasteiger partial charge in [-0.15, -0.1) is 0 Å². The molecular formula is C14H20N6O2S. The van der Waals surface area contributed by atoms with Gasteiger partial charge in [0.05, 0.1) is 23.8 Å². The standard InChI is InChI=1S/C14H20N6O2S/c15-23(21,22)14-3-1-13(2-4-14)19-10-7-18(8-11-19)9-12-20-16-5-6-17-20/h1-6H,7-12H2,(H2,15,21,22). The zero-order valence-corrected chi connectivity index (χ0v) is 13.6. The van der Waals surface area contributed by atoms with Crippen molar-refractivity contribution in [3.63, 3.8) is 0 Å². The minimum absolute atomic E-state index is 0.145. The third kappa shape index (κ3) is 4.06. The van der Waals surface area contributed by atoms with E-state index in [1.165, 1.54) is 0 Å². The number of sulfonamides is 1. The monoisotopic (exact) mass is 336 g/mol. The van der Waals surface area contributed by atoms with E-state index in [0.29, 0.717) is 0 Å². The third-order valence-corrected chi connectivity index (χ3v) is 4.91.